The number of ether oxygens (including phenoxy) is 2. The molecule has 0 saturated carbocycles. The third kappa shape index (κ3) is 4.04. The molecule has 84 valence electrons. The van der Waals surface area contributed by atoms with Crippen molar-refractivity contribution in [3.63, 3.8) is 0 Å². The first-order chi connectivity index (χ1) is 6.25. The minimum Gasteiger partial charge on any atom is -0.458 e. The Morgan fingerprint density at radius 3 is 2.07 bits per heavy atom. The predicted octanol–water partition coefficient (Wildman–Crippen LogP) is 0.624. The van der Waals surface area contributed by atoms with E-state index in [-0.39, 0.29) is 6.61 Å². The normalized spacial score (nSPS) is 16.1. The molecule has 0 aromatic carbocycles. The SMILES string of the molecule is COCC(C)(ON)C(=O)OC(C)(C)C. The van der Waals surface area contributed by atoms with Crippen LogP contribution < -0.4 is 5.90 Å². The zero-order chi connectivity index (χ0) is 11.4. The van der Waals surface area contributed by atoms with Crippen LogP contribution in [0, 0.1) is 0 Å². The highest BCUT2D eigenvalue weighted by atomic mass is 16.7. The maximum Gasteiger partial charge on any atom is 0.343 e. The molecular formula is C9H19NO4. The Hall–Kier alpha value is -0.650. The summed E-state index contributed by atoms with van der Waals surface area (Å²) in [4.78, 5) is 16.2. The molecule has 0 aliphatic heterocycles. The van der Waals surface area contributed by atoms with Crippen molar-refractivity contribution in [3.8, 4) is 0 Å². The summed E-state index contributed by atoms with van der Waals surface area (Å²) in [6.07, 6.45) is 0. The van der Waals surface area contributed by atoms with Crippen LogP contribution >= 0.6 is 0 Å². The van der Waals surface area contributed by atoms with Gasteiger partial charge < -0.3 is 9.47 Å². The van der Waals surface area contributed by atoms with Gasteiger partial charge in [0, 0.05) is 7.11 Å². The van der Waals surface area contributed by atoms with Crippen molar-refractivity contribution in [2.24, 2.45) is 5.90 Å². The van der Waals surface area contributed by atoms with Crippen molar-refractivity contribution in [1.29, 1.82) is 0 Å². The summed E-state index contributed by atoms with van der Waals surface area (Å²) in [5, 5.41) is 0. The van der Waals surface area contributed by atoms with Crippen molar-refractivity contribution in [2.45, 2.75) is 38.9 Å². The Bertz CT molecular complexity index is 199. The van der Waals surface area contributed by atoms with Crippen molar-refractivity contribution in [3.05, 3.63) is 0 Å². The van der Waals surface area contributed by atoms with Gasteiger partial charge in [0.05, 0.1) is 6.61 Å². The zero-order valence-electron chi connectivity index (χ0n) is 9.42. The average molecular weight is 205 g/mol. The number of carbonyl (C=O) groups excluding carboxylic acids is 1. The van der Waals surface area contributed by atoms with E-state index in [9.17, 15) is 4.79 Å². The average Bonchev–Trinajstić information content (AvgIpc) is 2.01. The molecule has 0 radical (unpaired) electrons. The summed E-state index contributed by atoms with van der Waals surface area (Å²) in [6.45, 7) is 6.89. The lowest BCUT2D eigenvalue weighted by Crippen LogP contribution is -2.48. The first kappa shape index (κ1) is 13.4. The van der Waals surface area contributed by atoms with Gasteiger partial charge in [-0.15, -0.1) is 0 Å². The van der Waals surface area contributed by atoms with E-state index in [1.807, 2.05) is 0 Å². The van der Waals surface area contributed by atoms with Crippen LogP contribution in [0.25, 0.3) is 0 Å². The monoisotopic (exact) mass is 205 g/mol. The van der Waals surface area contributed by atoms with E-state index in [0.29, 0.717) is 0 Å². The standard InChI is InChI=1S/C9H19NO4/c1-8(2,3)13-7(11)9(4,14-10)6-12-5/h6,10H2,1-5H3. The summed E-state index contributed by atoms with van der Waals surface area (Å²) in [5.74, 6) is 4.50. The van der Waals surface area contributed by atoms with Gasteiger partial charge in [0.1, 0.15) is 5.60 Å². The van der Waals surface area contributed by atoms with E-state index in [0.717, 1.165) is 0 Å². The highest BCUT2D eigenvalue weighted by Gasteiger charge is 2.38. The molecule has 1 atom stereocenters. The summed E-state index contributed by atoms with van der Waals surface area (Å²) in [6, 6.07) is 0. The maximum atomic E-state index is 11.6. The minimum absolute atomic E-state index is 0.0540. The summed E-state index contributed by atoms with van der Waals surface area (Å²) >= 11 is 0. The molecule has 14 heavy (non-hydrogen) atoms. The van der Waals surface area contributed by atoms with E-state index in [2.05, 4.69) is 4.84 Å². The van der Waals surface area contributed by atoms with Crippen LogP contribution in [-0.4, -0.2) is 30.9 Å². The largest absolute Gasteiger partial charge is 0.458 e. The zero-order valence-corrected chi connectivity index (χ0v) is 9.42. The molecule has 5 nitrogen and oxygen atoms in total. The molecule has 0 amide bonds. The predicted molar refractivity (Wildman–Crippen MR) is 51.4 cm³/mol. The van der Waals surface area contributed by atoms with Crippen LogP contribution in [0.1, 0.15) is 27.7 Å². The highest BCUT2D eigenvalue weighted by molar-refractivity contribution is 5.79. The van der Waals surface area contributed by atoms with Crippen LogP contribution in [0.4, 0.5) is 0 Å². The molecule has 2 N–H and O–H groups in total. The van der Waals surface area contributed by atoms with E-state index in [1.165, 1.54) is 14.0 Å². The molecule has 0 heterocycles. The Morgan fingerprint density at radius 2 is 1.79 bits per heavy atom. The number of hydrogen-bond donors (Lipinski definition) is 1. The van der Waals surface area contributed by atoms with E-state index < -0.39 is 17.2 Å². The molecule has 0 bridgehead atoms. The molecule has 0 saturated heterocycles. The third-order valence-electron chi connectivity index (χ3n) is 1.51. The molecule has 5 heteroatoms. The third-order valence-corrected chi connectivity index (χ3v) is 1.51. The second-order valence-electron chi connectivity index (χ2n) is 4.28. The van der Waals surface area contributed by atoms with Gasteiger partial charge in [0.15, 0.2) is 0 Å². The van der Waals surface area contributed by atoms with Crippen LogP contribution in [0.2, 0.25) is 0 Å². The lowest BCUT2D eigenvalue weighted by atomic mass is 10.1. The molecule has 0 aromatic rings. The first-order valence-corrected chi connectivity index (χ1v) is 4.35. The molecule has 0 aliphatic carbocycles. The number of rotatable bonds is 4. The van der Waals surface area contributed by atoms with Gasteiger partial charge in [-0.05, 0) is 27.7 Å². The van der Waals surface area contributed by atoms with Gasteiger partial charge in [0.2, 0.25) is 5.60 Å². The number of hydrogen-bond acceptors (Lipinski definition) is 5. The summed E-state index contributed by atoms with van der Waals surface area (Å²) in [5.41, 5.74) is -1.81. The Labute approximate surface area is 84.5 Å². The molecule has 0 spiro atoms. The van der Waals surface area contributed by atoms with E-state index in [1.54, 1.807) is 20.8 Å². The fourth-order valence-corrected chi connectivity index (χ4v) is 0.803. The topological polar surface area (TPSA) is 70.8 Å². The second kappa shape index (κ2) is 4.72. The van der Waals surface area contributed by atoms with Gasteiger partial charge in [-0.1, -0.05) is 0 Å². The van der Waals surface area contributed by atoms with Crippen molar-refractivity contribution in [1.82, 2.24) is 0 Å². The Balaban J connectivity index is 4.46. The van der Waals surface area contributed by atoms with E-state index >= 15 is 0 Å². The summed E-state index contributed by atoms with van der Waals surface area (Å²) in [7, 11) is 1.46. The minimum atomic E-state index is -1.25. The molecular weight excluding hydrogens is 186 g/mol. The first-order valence-electron chi connectivity index (χ1n) is 4.35. The van der Waals surface area contributed by atoms with Crippen LogP contribution in [0.3, 0.4) is 0 Å². The number of methoxy groups -OCH3 is 1. The molecule has 0 rings (SSSR count). The van der Waals surface area contributed by atoms with Crippen LogP contribution in [0.15, 0.2) is 0 Å². The molecule has 0 aliphatic rings. The number of carbonyl (C=O) groups is 1. The van der Waals surface area contributed by atoms with Crippen molar-refractivity contribution in [2.75, 3.05) is 13.7 Å². The fraction of sp³-hybridized carbons (Fsp3) is 0.889. The molecule has 0 fully saturated rings. The van der Waals surface area contributed by atoms with E-state index in [4.69, 9.17) is 15.4 Å². The second-order valence-corrected chi connectivity index (χ2v) is 4.28. The summed E-state index contributed by atoms with van der Waals surface area (Å²) < 4.78 is 9.95. The smallest absolute Gasteiger partial charge is 0.343 e. The fourth-order valence-electron chi connectivity index (χ4n) is 0.803. The Kier molecular flexibility index (Phi) is 4.51. The lowest BCUT2D eigenvalue weighted by Gasteiger charge is -2.28. The lowest BCUT2D eigenvalue weighted by molar-refractivity contribution is -0.188. The van der Waals surface area contributed by atoms with Crippen molar-refractivity contribution >= 4 is 5.97 Å². The molecule has 1 unspecified atom stereocenters. The van der Waals surface area contributed by atoms with Gasteiger partial charge in [-0.3, -0.25) is 4.84 Å². The molecule has 0 aromatic heterocycles. The van der Waals surface area contributed by atoms with Gasteiger partial charge in [0.25, 0.3) is 0 Å². The van der Waals surface area contributed by atoms with Crippen LogP contribution in [0.5, 0.6) is 0 Å². The van der Waals surface area contributed by atoms with Crippen molar-refractivity contribution < 1.29 is 19.1 Å². The van der Waals surface area contributed by atoms with Crippen LogP contribution in [-0.2, 0) is 19.1 Å². The maximum absolute atomic E-state index is 11.6. The quantitative estimate of drug-likeness (QED) is 0.538. The number of esters is 1. The highest BCUT2D eigenvalue weighted by Crippen LogP contribution is 2.16. The van der Waals surface area contributed by atoms with Gasteiger partial charge in [-0.25, -0.2) is 10.7 Å². The number of nitrogens with two attached hydrogens (primary N) is 1. The Morgan fingerprint density at radius 1 is 1.29 bits per heavy atom. The van der Waals surface area contributed by atoms with Gasteiger partial charge >= 0.3 is 5.97 Å². The van der Waals surface area contributed by atoms with Gasteiger partial charge in [-0.2, -0.15) is 0 Å².